The van der Waals surface area contributed by atoms with Crippen molar-refractivity contribution in [3.8, 4) is 5.75 Å². The van der Waals surface area contributed by atoms with Gasteiger partial charge in [-0.05, 0) is 36.4 Å². The largest absolute Gasteiger partial charge is 0.508 e. The fraction of sp³-hybridized carbons (Fsp3) is 0. The highest BCUT2D eigenvalue weighted by Gasteiger charge is 2.43. The van der Waals surface area contributed by atoms with Crippen molar-refractivity contribution in [3.63, 3.8) is 0 Å². The molecule has 1 nitrogen and oxygen atoms in total. The van der Waals surface area contributed by atoms with Crippen LogP contribution in [0.25, 0.3) is 0 Å². The van der Waals surface area contributed by atoms with Crippen molar-refractivity contribution in [2.24, 2.45) is 0 Å². The Kier molecular flexibility index (Phi) is 4.10. The number of hydrogen-bond acceptors (Lipinski definition) is 1. The van der Waals surface area contributed by atoms with E-state index in [1.54, 1.807) is 6.07 Å². The molecule has 3 aromatic rings. The third-order valence-corrected chi connectivity index (χ3v) is 10.1. The number of phenols is 1. The Hall–Kier alpha value is -1.63. The Morgan fingerprint density at radius 3 is 1.57 bits per heavy atom. The van der Waals surface area contributed by atoms with Crippen molar-refractivity contribution >= 4 is 37.4 Å². The number of halogens is 1. The second kappa shape index (κ2) is 6.01. The van der Waals surface area contributed by atoms with Crippen LogP contribution in [0.2, 0.25) is 0 Å². The summed E-state index contributed by atoms with van der Waals surface area (Å²) in [6.45, 7) is 0. The summed E-state index contributed by atoms with van der Waals surface area (Å²) in [4.78, 5) is 0. The predicted octanol–water partition coefficient (Wildman–Crippen LogP) is 4.00. The minimum atomic E-state index is -1.90. The number of hydrogen-bond donors (Lipinski definition) is 1. The van der Waals surface area contributed by atoms with Crippen LogP contribution in [0.5, 0.6) is 5.75 Å². The van der Waals surface area contributed by atoms with Gasteiger partial charge < -0.3 is 5.11 Å². The molecule has 0 saturated carbocycles. The fourth-order valence-electron chi connectivity index (χ4n) is 2.40. The monoisotopic (exact) mass is 357 g/mol. The maximum absolute atomic E-state index is 9.87. The van der Waals surface area contributed by atoms with Crippen molar-refractivity contribution in [1.29, 1.82) is 0 Å². The molecule has 0 bridgehead atoms. The van der Waals surface area contributed by atoms with Crippen LogP contribution in [0.15, 0.2) is 84.9 Å². The maximum Gasteiger partial charge on any atom is 0.181 e. The maximum atomic E-state index is 9.87. The quantitative estimate of drug-likeness (QED) is 0.702. The van der Waals surface area contributed by atoms with Gasteiger partial charge in [-0.15, -0.1) is 0 Å². The van der Waals surface area contributed by atoms with Crippen LogP contribution in [0, 0.1) is 0 Å². The normalized spacial score (nSPS) is 11.3. The molecule has 21 heavy (non-hydrogen) atoms. The van der Waals surface area contributed by atoms with E-state index in [1.165, 1.54) is 10.6 Å². The zero-order valence-electron chi connectivity index (χ0n) is 11.4. The molecule has 0 radical (unpaired) electrons. The first-order valence-corrected chi connectivity index (χ1v) is 10.5. The average Bonchev–Trinajstić information content (AvgIpc) is 2.56. The van der Waals surface area contributed by atoms with E-state index in [-0.39, 0.29) is 0 Å². The van der Waals surface area contributed by atoms with Crippen molar-refractivity contribution in [1.82, 2.24) is 0 Å². The number of benzene rings is 3. The van der Waals surface area contributed by atoms with E-state index in [0.717, 1.165) is 5.30 Å². The van der Waals surface area contributed by atoms with Crippen LogP contribution in [0.3, 0.4) is 0 Å². The lowest BCUT2D eigenvalue weighted by molar-refractivity contribution is 0.476. The molecule has 3 heteroatoms. The molecule has 0 amide bonds. The summed E-state index contributed by atoms with van der Waals surface area (Å²) in [7, 11) is 0. The minimum Gasteiger partial charge on any atom is -0.508 e. The third kappa shape index (κ3) is 2.74. The SMILES string of the molecule is Oc1cccc([P+](Br)(c2ccccc2)c2ccccc2)c1. The Labute approximate surface area is 133 Å². The Morgan fingerprint density at radius 2 is 1.10 bits per heavy atom. The van der Waals surface area contributed by atoms with Gasteiger partial charge in [0.25, 0.3) is 0 Å². The Balaban J connectivity index is 2.25. The van der Waals surface area contributed by atoms with E-state index < -0.39 is 5.96 Å². The molecule has 0 aliphatic heterocycles. The van der Waals surface area contributed by atoms with Crippen molar-refractivity contribution in [2.45, 2.75) is 0 Å². The molecule has 3 aromatic carbocycles. The number of rotatable bonds is 3. The topological polar surface area (TPSA) is 20.2 Å². The van der Waals surface area contributed by atoms with Gasteiger partial charge in [0.2, 0.25) is 0 Å². The van der Waals surface area contributed by atoms with E-state index in [9.17, 15) is 5.11 Å². The van der Waals surface area contributed by atoms with Crippen LogP contribution in [0.1, 0.15) is 0 Å². The summed E-state index contributed by atoms with van der Waals surface area (Å²) in [6.07, 6.45) is 0. The first-order valence-electron chi connectivity index (χ1n) is 6.71. The molecule has 0 atom stereocenters. The van der Waals surface area contributed by atoms with Gasteiger partial charge in [-0.2, -0.15) is 0 Å². The summed E-state index contributed by atoms with van der Waals surface area (Å²) in [5, 5.41) is 13.5. The minimum absolute atomic E-state index is 0.295. The van der Waals surface area contributed by atoms with Crippen LogP contribution in [0.4, 0.5) is 0 Å². The second-order valence-corrected chi connectivity index (χ2v) is 10.7. The van der Waals surface area contributed by atoms with Crippen LogP contribution < -0.4 is 15.9 Å². The predicted molar refractivity (Wildman–Crippen MR) is 95.7 cm³/mol. The molecule has 0 spiro atoms. The highest BCUT2D eigenvalue weighted by Crippen LogP contribution is 2.62. The molecule has 0 aliphatic rings. The van der Waals surface area contributed by atoms with Crippen LogP contribution >= 0.6 is 21.5 Å². The Bertz CT molecular complexity index is 689. The second-order valence-electron chi connectivity index (χ2n) is 4.78. The zero-order valence-corrected chi connectivity index (χ0v) is 13.8. The summed E-state index contributed by atoms with van der Waals surface area (Å²) >= 11 is 4.04. The van der Waals surface area contributed by atoms with Gasteiger partial charge in [-0.25, -0.2) is 0 Å². The smallest absolute Gasteiger partial charge is 0.181 e. The van der Waals surface area contributed by atoms with Gasteiger partial charge in [0, 0.05) is 6.07 Å². The summed E-state index contributed by atoms with van der Waals surface area (Å²) < 4.78 is 0. The van der Waals surface area contributed by atoms with Crippen molar-refractivity contribution in [2.75, 3.05) is 0 Å². The highest BCUT2D eigenvalue weighted by atomic mass is 79.9. The summed E-state index contributed by atoms with van der Waals surface area (Å²) in [5.74, 6) is -1.61. The molecule has 3 rings (SSSR count). The average molecular weight is 358 g/mol. The summed E-state index contributed by atoms with van der Waals surface area (Å²) in [5.41, 5.74) is 0. The standard InChI is InChI=1S/C18H14BrOP/c19-21(16-9-3-1-4-10-16,17-11-5-2-6-12-17)18-13-7-8-15(20)14-18/h1-14H/p+1. The van der Waals surface area contributed by atoms with Gasteiger partial charge in [0.15, 0.2) is 21.5 Å². The van der Waals surface area contributed by atoms with E-state index in [2.05, 4.69) is 70.1 Å². The molecular weight excluding hydrogens is 343 g/mol. The van der Waals surface area contributed by atoms with Crippen LogP contribution in [-0.4, -0.2) is 5.11 Å². The molecule has 0 aliphatic carbocycles. The van der Waals surface area contributed by atoms with E-state index in [0.29, 0.717) is 5.75 Å². The summed E-state index contributed by atoms with van der Waals surface area (Å²) in [6, 6.07) is 28.3. The molecule has 0 unspecified atom stereocenters. The number of aromatic hydroxyl groups is 1. The molecule has 0 aromatic heterocycles. The Morgan fingerprint density at radius 1 is 0.619 bits per heavy atom. The van der Waals surface area contributed by atoms with Gasteiger partial charge in [-0.1, -0.05) is 42.5 Å². The van der Waals surface area contributed by atoms with Gasteiger partial charge in [0.1, 0.15) is 21.7 Å². The van der Waals surface area contributed by atoms with Crippen molar-refractivity contribution in [3.05, 3.63) is 84.9 Å². The van der Waals surface area contributed by atoms with Crippen molar-refractivity contribution < 1.29 is 5.11 Å². The van der Waals surface area contributed by atoms with E-state index in [1.807, 2.05) is 24.3 Å². The fourth-order valence-corrected chi connectivity index (χ4v) is 7.14. The first kappa shape index (κ1) is 14.3. The molecule has 0 heterocycles. The number of phenolic OH excluding ortho intramolecular Hbond substituents is 1. The van der Waals surface area contributed by atoms with E-state index in [4.69, 9.17) is 0 Å². The highest BCUT2D eigenvalue weighted by molar-refractivity contribution is 9.44. The first-order chi connectivity index (χ1) is 10.2. The van der Waals surface area contributed by atoms with E-state index >= 15 is 0 Å². The molecule has 104 valence electrons. The molecule has 0 saturated heterocycles. The van der Waals surface area contributed by atoms with Gasteiger partial charge in [-0.3, -0.25) is 0 Å². The lowest BCUT2D eigenvalue weighted by Crippen LogP contribution is -2.26. The van der Waals surface area contributed by atoms with Crippen LogP contribution in [-0.2, 0) is 0 Å². The molecule has 0 fully saturated rings. The zero-order chi connectivity index (χ0) is 14.7. The molecule has 1 N–H and O–H groups in total. The third-order valence-electron chi connectivity index (χ3n) is 3.41. The van der Waals surface area contributed by atoms with Gasteiger partial charge in [0.05, 0.1) is 0 Å². The lowest BCUT2D eigenvalue weighted by atomic mass is 10.3. The van der Waals surface area contributed by atoms with Gasteiger partial charge >= 0.3 is 0 Å². The molecular formula is C18H15BrOP+. The lowest BCUT2D eigenvalue weighted by Gasteiger charge is -2.19.